The second-order valence-electron chi connectivity index (χ2n) is 3.79. The molecule has 0 heterocycles. The van der Waals surface area contributed by atoms with Gasteiger partial charge in [-0.1, -0.05) is 19.1 Å². The lowest BCUT2D eigenvalue weighted by atomic mass is 10.1. The number of sulfonamides is 1. The largest absolute Gasteiger partial charge is 0.377 e. The number of hydrogen-bond donors (Lipinski definition) is 1. The van der Waals surface area contributed by atoms with Crippen LogP contribution in [-0.4, -0.2) is 34.5 Å². The summed E-state index contributed by atoms with van der Waals surface area (Å²) in [6.07, 6.45) is 0.245. The van der Waals surface area contributed by atoms with Gasteiger partial charge in [0.1, 0.15) is 6.61 Å². The third kappa shape index (κ3) is 4.21. The molecule has 6 heteroatoms. The number of Topliss-reactive ketones (excluding diaryl/α,β-unsaturated/α-hetero) is 1. The van der Waals surface area contributed by atoms with E-state index in [2.05, 4.69) is 4.72 Å². The van der Waals surface area contributed by atoms with Crippen LogP contribution < -0.4 is 4.72 Å². The lowest BCUT2D eigenvalue weighted by Gasteiger charge is -2.05. The maximum absolute atomic E-state index is 11.7. The molecular weight excluding hydrogens is 254 g/mol. The molecule has 0 unspecified atom stereocenters. The van der Waals surface area contributed by atoms with Gasteiger partial charge in [0, 0.05) is 20.1 Å². The molecule has 0 atom stereocenters. The quantitative estimate of drug-likeness (QED) is 0.794. The van der Waals surface area contributed by atoms with Crippen LogP contribution in [0.5, 0.6) is 0 Å². The topological polar surface area (TPSA) is 72.5 Å². The summed E-state index contributed by atoms with van der Waals surface area (Å²) in [5.74, 6) is -0.0419. The van der Waals surface area contributed by atoms with E-state index in [0.29, 0.717) is 6.54 Å². The fourth-order valence-electron chi connectivity index (χ4n) is 1.50. The Morgan fingerprint density at radius 3 is 2.39 bits per heavy atom. The smallest absolute Gasteiger partial charge is 0.240 e. The normalized spacial score (nSPS) is 11.4. The molecule has 1 aromatic carbocycles. The number of carbonyl (C=O) groups is 1. The van der Waals surface area contributed by atoms with Crippen LogP contribution in [0.3, 0.4) is 0 Å². The Morgan fingerprint density at radius 2 is 1.89 bits per heavy atom. The standard InChI is InChI=1S/C12H17NO4S/c1-3-13-18(15,16)12-6-4-10(5-7-12)8-11(14)9-17-2/h4-7,13H,3,8-9H2,1-2H3. The summed E-state index contributed by atoms with van der Waals surface area (Å²) in [6.45, 7) is 2.13. The van der Waals surface area contributed by atoms with Crippen LogP contribution in [0.15, 0.2) is 29.2 Å². The molecule has 0 saturated carbocycles. The molecule has 1 aromatic rings. The summed E-state index contributed by atoms with van der Waals surface area (Å²) in [6, 6.07) is 6.26. The van der Waals surface area contributed by atoms with Gasteiger partial charge in [-0.3, -0.25) is 4.79 Å². The predicted molar refractivity (Wildman–Crippen MR) is 67.9 cm³/mol. The highest BCUT2D eigenvalue weighted by Gasteiger charge is 2.12. The van der Waals surface area contributed by atoms with E-state index in [1.54, 1.807) is 19.1 Å². The van der Waals surface area contributed by atoms with Crippen molar-refractivity contribution in [2.24, 2.45) is 0 Å². The van der Waals surface area contributed by atoms with Crippen LogP contribution in [0.4, 0.5) is 0 Å². The third-order valence-corrected chi connectivity index (χ3v) is 3.84. The number of ketones is 1. The van der Waals surface area contributed by atoms with Crippen LogP contribution in [0, 0.1) is 0 Å². The zero-order valence-corrected chi connectivity index (χ0v) is 11.3. The van der Waals surface area contributed by atoms with Crippen molar-refractivity contribution in [1.82, 2.24) is 4.72 Å². The number of benzene rings is 1. The van der Waals surface area contributed by atoms with Crippen LogP contribution >= 0.6 is 0 Å². The maximum atomic E-state index is 11.7. The molecule has 0 amide bonds. The van der Waals surface area contributed by atoms with E-state index in [4.69, 9.17) is 4.74 Å². The molecule has 0 bridgehead atoms. The predicted octanol–water partition coefficient (Wildman–Crippen LogP) is 0.743. The van der Waals surface area contributed by atoms with Crippen molar-refractivity contribution in [3.05, 3.63) is 29.8 Å². The van der Waals surface area contributed by atoms with Crippen molar-refractivity contribution < 1.29 is 17.9 Å². The monoisotopic (exact) mass is 271 g/mol. The van der Waals surface area contributed by atoms with Gasteiger partial charge < -0.3 is 4.74 Å². The summed E-state index contributed by atoms with van der Waals surface area (Å²) >= 11 is 0. The van der Waals surface area contributed by atoms with Crippen molar-refractivity contribution in [2.45, 2.75) is 18.2 Å². The van der Waals surface area contributed by atoms with Gasteiger partial charge in [-0.25, -0.2) is 13.1 Å². The molecule has 0 aliphatic heterocycles. The number of rotatable bonds is 7. The van der Waals surface area contributed by atoms with Crippen molar-refractivity contribution in [2.75, 3.05) is 20.3 Å². The Morgan fingerprint density at radius 1 is 1.28 bits per heavy atom. The van der Waals surface area contributed by atoms with Crippen molar-refractivity contribution in [3.8, 4) is 0 Å². The maximum Gasteiger partial charge on any atom is 0.240 e. The highest BCUT2D eigenvalue weighted by Crippen LogP contribution is 2.11. The first-order valence-corrected chi connectivity index (χ1v) is 7.07. The van der Waals surface area contributed by atoms with Crippen LogP contribution in [0.2, 0.25) is 0 Å². The Hall–Kier alpha value is -1.24. The highest BCUT2D eigenvalue weighted by atomic mass is 32.2. The van der Waals surface area contributed by atoms with Gasteiger partial charge in [-0.15, -0.1) is 0 Å². The molecule has 0 fully saturated rings. The summed E-state index contributed by atoms with van der Waals surface area (Å²) in [7, 11) is -1.96. The zero-order chi connectivity index (χ0) is 13.6. The van der Waals surface area contributed by atoms with Crippen LogP contribution in [0.1, 0.15) is 12.5 Å². The first-order chi connectivity index (χ1) is 8.49. The van der Waals surface area contributed by atoms with E-state index < -0.39 is 10.0 Å². The van der Waals surface area contributed by atoms with Gasteiger partial charge in [-0.05, 0) is 17.7 Å². The zero-order valence-electron chi connectivity index (χ0n) is 10.5. The van der Waals surface area contributed by atoms with Gasteiger partial charge in [-0.2, -0.15) is 0 Å². The second-order valence-corrected chi connectivity index (χ2v) is 5.56. The molecule has 0 radical (unpaired) electrons. The third-order valence-electron chi connectivity index (χ3n) is 2.27. The molecule has 100 valence electrons. The Labute approximate surface area is 107 Å². The molecular formula is C12H17NO4S. The molecule has 0 aromatic heterocycles. The van der Waals surface area contributed by atoms with Crippen molar-refractivity contribution in [3.63, 3.8) is 0 Å². The van der Waals surface area contributed by atoms with Crippen LogP contribution in [0.25, 0.3) is 0 Å². The fourth-order valence-corrected chi connectivity index (χ4v) is 2.54. The second kappa shape index (κ2) is 6.63. The lowest BCUT2D eigenvalue weighted by Crippen LogP contribution is -2.23. The molecule has 0 spiro atoms. The summed E-state index contributed by atoms with van der Waals surface area (Å²) in [4.78, 5) is 11.5. The number of methoxy groups -OCH3 is 1. The minimum atomic E-state index is -3.43. The van der Waals surface area contributed by atoms with Gasteiger partial charge in [0.25, 0.3) is 0 Å². The Balaban J connectivity index is 2.77. The van der Waals surface area contributed by atoms with Gasteiger partial charge in [0.05, 0.1) is 4.90 Å². The first kappa shape index (κ1) is 14.8. The first-order valence-electron chi connectivity index (χ1n) is 5.59. The Bertz CT molecular complexity index is 493. The average Bonchev–Trinajstić information content (AvgIpc) is 2.30. The van der Waals surface area contributed by atoms with E-state index in [1.165, 1.54) is 19.2 Å². The summed E-state index contributed by atoms with van der Waals surface area (Å²) in [5.41, 5.74) is 0.771. The van der Waals surface area contributed by atoms with Crippen LogP contribution in [-0.2, 0) is 26.0 Å². The number of carbonyl (C=O) groups excluding carboxylic acids is 1. The highest BCUT2D eigenvalue weighted by molar-refractivity contribution is 7.89. The molecule has 18 heavy (non-hydrogen) atoms. The molecule has 1 N–H and O–H groups in total. The average molecular weight is 271 g/mol. The van der Waals surface area contributed by atoms with Crippen molar-refractivity contribution >= 4 is 15.8 Å². The van der Waals surface area contributed by atoms with Crippen molar-refractivity contribution in [1.29, 1.82) is 0 Å². The molecule has 5 nitrogen and oxygen atoms in total. The van der Waals surface area contributed by atoms with E-state index in [9.17, 15) is 13.2 Å². The number of hydrogen-bond acceptors (Lipinski definition) is 4. The van der Waals surface area contributed by atoms with Gasteiger partial charge in [0.15, 0.2) is 5.78 Å². The number of nitrogens with one attached hydrogen (secondary N) is 1. The lowest BCUT2D eigenvalue weighted by molar-refractivity contribution is -0.121. The van der Waals surface area contributed by atoms with Gasteiger partial charge in [0.2, 0.25) is 10.0 Å². The fraction of sp³-hybridized carbons (Fsp3) is 0.417. The molecule has 0 saturated heterocycles. The SMILES string of the molecule is CCNS(=O)(=O)c1ccc(CC(=O)COC)cc1. The van der Waals surface area contributed by atoms with E-state index >= 15 is 0 Å². The summed E-state index contributed by atoms with van der Waals surface area (Å²) < 4.78 is 30.5. The van der Waals surface area contributed by atoms with Gasteiger partial charge >= 0.3 is 0 Å². The molecule has 1 rings (SSSR count). The molecule has 0 aliphatic carbocycles. The minimum absolute atomic E-state index is 0.0419. The Kier molecular flexibility index (Phi) is 5.46. The summed E-state index contributed by atoms with van der Waals surface area (Å²) in [5, 5.41) is 0. The number of ether oxygens (including phenoxy) is 1. The van der Waals surface area contributed by atoms with E-state index in [0.717, 1.165) is 5.56 Å². The minimum Gasteiger partial charge on any atom is -0.377 e. The van der Waals surface area contributed by atoms with E-state index in [1.807, 2.05) is 0 Å². The van der Waals surface area contributed by atoms with E-state index in [-0.39, 0.29) is 23.7 Å². The molecule has 0 aliphatic rings.